The second kappa shape index (κ2) is 8.06. The van der Waals surface area contributed by atoms with Crippen LogP contribution >= 0.6 is 11.3 Å². The van der Waals surface area contributed by atoms with Gasteiger partial charge in [0.25, 0.3) is 0 Å². The van der Waals surface area contributed by atoms with E-state index >= 15 is 0 Å². The normalized spacial score (nSPS) is 17.7. The van der Waals surface area contributed by atoms with E-state index in [4.69, 9.17) is 4.74 Å². The number of hydrogen-bond acceptors (Lipinski definition) is 5. The van der Waals surface area contributed by atoms with Crippen molar-refractivity contribution in [3.8, 4) is 10.6 Å². The van der Waals surface area contributed by atoms with Crippen molar-refractivity contribution in [2.24, 2.45) is 5.92 Å². The molecule has 3 rings (SSSR count). The van der Waals surface area contributed by atoms with Crippen LogP contribution in [-0.2, 0) is 11.3 Å². The Morgan fingerprint density at radius 2 is 2.22 bits per heavy atom. The summed E-state index contributed by atoms with van der Waals surface area (Å²) < 4.78 is 5.48. The second-order valence-corrected chi connectivity index (χ2v) is 7.29. The maximum absolute atomic E-state index is 5.48. The zero-order valence-electron chi connectivity index (χ0n) is 13.9. The van der Waals surface area contributed by atoms with E-state index in [2.05, 4.69) is 51.8 Å². The van der Waals surface area contributed by atoms with Crippen molar-refractivity contribution in [1.82, 2.24) is 20.4 Å². The number of aromatic nitrogens is 2. The molecule has 23 heavy (non-hydrogen) atoms. The van der Waals surface area contributed by atoms with Crippen LogP contribution in [0, 0.1) is 5.92 Å². The van der Waals surface area contributed by atoms with E-state index in [1.54, 1.807) is 11.3 Å². The number of nitrogens with zero attached hydrogens (tertiary/aromatic N) is 2. The molecule has 0 aromatic carbocycles. The number of hydrogen-bond donors (Lipinski definition) is 2. The molecule has 0 bridgehead atoms. The molecule has 2 aromatic heterocycles. The second-order valence-electron chi connectivity index (χ2n) is 6.34. The predicted molar refractivity (Wildman–Crippen MR) is 94.6 cm³/mol. The lowest BCUT2D eigenvalue weighted by Crippen LogP contribution is -2.50. The van der Waals surface area contributed by atoms with Crippen molar-refractivity contribution >= 4 is 11.3 Å². The number of nitrogens with one attached hydrogen (secondary N) is 2. The van der Waals surface area contributed by atoms with Gasteiger partial charge in [0.05, 0.1) is 30.0 Å². The molecule has 0 spiro atoms. The number of morpholine rings is 1. The molecule has 0 radical (unpaired) electrons. The van der Waals surface area contributed by atoms with Gasteiger partial charge in [-0.05, 0) is 17.4 Å². The topological polar surface area (TPSA) is 53.2 Å². The number of ether oxygens (including phenoxy) is 1. The highest BCUT2D eigenvalue weighted by molar-refractivity contribution is 7.13. The van der Waals surface area contributed by atoms with Crippen molar-refractivity contribution < 1.29 is 4.74 Å². The first-order chi connectivity index (χ1) is 11.3. The van der Waals surface area contributed by atoms with Gasteiger partial charge in [-0.3, -0.25) is 10.00 Å². The van der Waals surface area contributed by atoms with Crippen LogP contribution in [-0.4, -0.2) is 54.0 Å². The Labute approximate surface area is 142 Å². The van der Waals surface area contributed by atoms with E-state index < -0.39 is 0 Å². The van der Waals surface area contributed by atoms with Crippen molar-refractivity contribution in [1.29, 1.82) is 0 Å². The lowest BCUT2D eigenvalue weighted by molar-refractivity contribution is 0.00648. The van der Waals surface area contributed by atoms with E-state index in [0.717, 1.165) is 45.1 Å². The lowest BCUT2D eigenvalue weighted by Gasteiger charge is -2.37. The number of thiophene rings is 1. The molecule has 3 heterocycles. The molecule has 2 N–H and O–H groups in total. The molecule has 1 saturated heterocycles. The Morgan fingerprint density at radius 3 is 2.91 bits per heavy atom. The average Bonchev–Trinajstić information content (AvgIpc) is 3.23. The minimum absolute atomic E-state index is 0.552. The highest BCUT2D eigenvalue weighted by Crippen LogP contribution is 2.25. The van der Waals surface area contributed by atoms with Crippen LogP contribution in [0.15, 0.2) is 23.7 Å². The largest absolute Gasteiger partial charge is 0.379 e. The fourth-order valence-electron chi connectivity index (χ4n) is 3.13. The SMILES string of the molecule is CC(C)[C@H](CNCc1cn[nH]c1-c1cccs1)N1CCOCC1. The summed E-state index contributed by atoms with van der Waals surface area (Å²) in [6.07, 6.45) is 1.93. The van der Waals surface area contributed by atoms with Crippen molar-refractivity contribution in [3.05, 3.63) is 29.3 Å². The zero-order valence-corrected chi connectivity index (χ0v) is 14.7. The minimum atomic E-state index is 0.552. The van der Waals surface area contributed by atoms with Crippen LogP contribution in [0.3, 0.4) is 0 Å². The van der Waals surface area contributed by atoms with Crippen LogP contribution < -0.4 is 5.32 Å². The fraction of sp³-hybridized carbons (Fsp3) is 0.588. The smallest absolute Gasteiger partial charge is 0.0794 e. The van der Waals surface area contributed by atoms with Crippen LogP contribution in [0.1, 0.15) is 19.4 Å². The van der Waals surface area contributed by atoms with Crippen LogP contribution in [0.25, 0.3) is 10.6 Å². The third-order valence-electron chi connectivity index (χ3n) is 4.44. The third kappa shape index (κ3) is 4.20. The Balaban J connectivity index is 1.56. The summed E-state index contributed by atoms with van der Waals surface area (Å²) in [5.41, 5.74) is 2.37. The van der Waals surface area contributed by atoms with Crippen LogP contribution in [0.5, 0.6) is 0 Å². The molecule has 0 saturated carbocycles. The summed E-state index contributed by atoms with van der Waals surface area (Å²) >= 11 is 1.74. The lowest BCUT2D eigenvalue weighted by atomic mass is 10.0. The van der Waals surface area contributed by atoms with E-state index in [9.17, 15) is 0 Å². The Kier molecular flexibility index (Phi) is 5.83. The molecular weight excluding hydrogens is 308 g/mol. The Morgan fingerprint density at radius 1 is 1.39 bits per heavy atom. The van der Waals surface area contributed by atoms with Gasteiger partial charge >= 0.3 is 0 Å². The molecular formula is C17H26N4OS. The summed E-state index contributed by atoms with van der Waals surface area (Å²) in [4.78, 5) is 3.80. The maximum atomic E-state index is 5.48. The highest BCUT2D eigenvalue weighted by atomic mass is 32.1. The van der Waals surface area contributed by atoms with Gasteiger partial charge in [-0.15, -0.1) is 11.3 Å². The van der Waals surface area contributed by atoms with Gasteiger partial charge in [0, 0.05) is 37.8 Å². The summed E-state index contributed by atoms with van der Waals surface area (Å²) in [5.74, 6) is 0.627. The van der Waals surface area contributed by atoms with Gasteiger partial charge in [0.15, 0.2) is 0 Å². The molecule has 2 aromatic rings. The quantitative estimate of drug-likeness (QED) is 0.817. The summed E-state index contributed by atoms with van der Waals surface area (Å²) in [7, 11) is 0. The van der Waals surface area contributed by atoms with E-state index in [1.165, 1.54) is 10.4 Å². The standard InChI is InChI=1S/C17H26N4OS/c1-13(2)15(21-5-7-22-8-6-21)12-18-10-14-11-19-20-17(14)16-4-3-9-23-16/h3-4,9,11,13,15,18H,5-8,10,12H2,1-2H3,(H,19,20)/t15-/m0/s1. The van der Waals surface area contributed by atoms with Gasteiger partial charge in [-0.2, -0.15) is 5.10 Å². The van der Waals surface area contributed by atoms with Gasteiger partial charge in [-0.25, -0.2) is 0 Å². The molecule has 0 aliphatic carbocycles. The number of rotatable bonds is 7. The summed E-state index contributed by atoms with van der Waals surface area (Å²) in [5, 5.41) is 13.1. The number of H-pyrrole nitrogens is 1. The predicted octanol–water partition coefficient (Wildman–Crippen LogP) is 2.58. The molecule has 1 aliphatic rings. The molecule has 1 aliphatic heterocycles. The minimum Gasteiger partial charge on any atom is -0.379 e. The molecule has 6 heteroatoms. The average molecular weight is 334 g/mol. The van der Waals surface area contributed by atoms with Crippen molar-refractivity contribution in [2.45, 2.75) is 26.4 Å². The van der Waals surface area contributed by atoms with Gasteiger partial charge in [0.2, 0.25) is 0 Å². The maximum Gasteiger partial charge on any atom is 0.0794 e. The van der Waals surface area contributed by atoms with E-state index in [1.807, 2.05) is 6.20 Å². The Bertz CT molecular complexity index is 575. The molecule has 126 valence electrons. The summed E-state index contributed by atoms with van der Waals surface area (Å²) in [6, 6.07) is 4.76. The third-order valence-corrected chi connectivity index (χ3v) is 5.33. The van der Waals surface area contributed by atoms with E-state index in [-0.39, 0.29) is 0 Å². The molecule has 0 unspecified atom stereocenters. The zero-order chi connectivity index (χ0) is 16.1. The first-order valence-corrected chi connectivity index (χ1v) is 9.22. The van der Waals surface area contributed by atoms with Crippen molar-refractivity contribution in [3.63, 3.8) is 0 Å². The molecule has 1 fully saturated rings. The number of aromatic amines is 1. The summed E-state index contributed by atoms with van der Waals surface area (Å²) in [6.45, 7) is 10.2. The molecule has 0 amide bonds. The molecule has 1 atom stereocenters. The van der Waals surface area contributed by atoms with Crippen LogP contribution in [0.2, 0.25) is 0 Å². The fourth-order valence-corrected chi connectivity index (χ4v) is 3.89. The Hall–Kier alpha value is -1.21. The van der Waals surface area contributed by atoms with Crippen LogP contribution in [0.4, 0.5) is 0 Å². The van der Waals surface area contributed by atoms with Gasteiger partial charge in [-0.1, -0.05) is 19.9 Å². The first-order valence-electron chi connectivity index (χ1n) is 8.34. The highest BCUT2D eigenvalue weighted by Gasteiger charge is 2.23. The van der Waals surface area contributed by atoms with Gasteiger partial charge < -0.3 is 10.1 Å². The van der Waals surface area contributed by atoms with E-state index in [0.29, 0.717) is 12.0 Å². The van der Waals surface area contributed by atoms with Gasteiger partial charge in [0.1, 0.15) is 0 Å². The van der Waals surface area contributed by atoms with Crippen molar-refractivity contribution in [2.75, 3.05) is 32.8 Å². The molecule has 5 nitrogen and oxygen atoms in total. The first kappa shape index (κ1) is 16.6. The monoisotopic (exact) mass is 334 g/mol.